The summed E-state index contributed by atoms with van der Waals surface area (Å²) in [4.78, 5) is 33.5. The highest BCUT2D eigenvalue weighted by molar-refractivity contribution is 6.18. The molecule has 4 rings (SSSR count). The zero-order chi connectivity index (χ0) is 19.7. The number of fused-ring (bicyclic) bond motifs is 1. The molecule has 0 bridgehead atoms. The molecule has 1 unspecified atom stereocenters. The lowest BCUT2D eigenvalue weighted by molar-refractivity contribution is 0.0957. The third kappa shape index (κ3) is 3.33. The molecule has 0 aliphatic carbocycles. The largest absolute Gasteiger partial charge is 0.351 e. The molecule has 146 valence electrons. The van der Waals surface area contributed by atoms with E-state index < -0.39 is 5.82 Å². The average Bonchev–Trinajstić information content (AvgIpc) is 3.34. The Hall–Kier alpha value is -2.94. The number of nitrogens with one attached hydrogen (secondary N) is 2. The molecule has 3 aromatic heterocycles. The molecule has 1 amide bonds. The molecule has 3 aromatic rings. The Balaban J connectivity index is 1.71. The maximum Gasteiger partial charge on any atom is 0.256 e. The first-order valence-corrected chi connectivity index (χ1v) is 9.45. The zero-order valence-electron chi connectivity index (χ0n) is 14.9. The van der Waals surface area contributed by atoms with Gasteiger partial charge in [-0.1, -0.05) is 0 Å². The van der Waals surface area contributed by atoms with Gasteiger partial charge >= 0.3 is 0 Å². The number of hydrogen-bond donors (Lipinski definition) is 2. The number of hydrogen-bond acceptors (Lipinski definition) is 5. The number of H-pyrrole nitrogens is 1. The summed E-state index contributed by atoms with van der Waals surface area (Å²) in [5.74, 6) is 0.116. The molecule has 8 nitrogen and oxygen atoms in total. The number of alkyl halides is 1. The molecular weight excluding hydrogens is 387 g/mol. The summed E-state index contributed by atoms with van der Waals surface area (Å²) >= 11 is 5.62. The van der Waals surface area contributed by atoms with E-state index in [4.69, 9.17) is 11.6 Å². The van der Waals surface area contributed by atoms with Crippen molar-refractivity contribution >= 4 is 29.0 Å². The molecule has 1 saturated heterocycles. The minimum Gasteiger partial charge on any atom is -0.351 e. The molecule has 28 heavy (non-hydrogen) atoms. The summed E-state index contributed by atoms with van der Waals surface area (Å²) in [5.41, 5.74) is 0.798. The van der Waals surface area contributed by atoms with Crippen LogP contribution in [0.5, 0.6) is 0 Å². The maximum atomic E-state index is 13.7. The number of nitrogens with zero attached hydrogens (tertiary/aromatic N) is 4. The fraction of sp³-hybridized carbons (Fsp3) is 0.333. The second kappa shape index (κ2) is 7.59. The van der Waals surface area contributed by atoms with Crippen LogP contribution in [0, 0.1) is 5.82 Å². The number of rotatable bonds is 5. The van der Waals surface area contributed by atoms with Gasteiger partial charge in [-0.25, -0.2) is 13.9 Å². The summed E-state index contributed by atoms with van der Waals surface area (Å²) in [6, 6.07) is 2.75. The Bertz CT molecular complexity index is 1080. The fourth-order valence-electron chi connectivity index (χ4n) is 3.52. The van der Waals surface area contributed by atoms with Crippen molar-refractivity contribution in [1.29, 1.82) is 0 Å². The molecule has 0 aromatic carbocycles. The molecule has 10 heteroatoms. The zero-order valence-corrected chi connectivity index (χ0v) is 15.6. The number of halogens is 2. The highest BCUT2D eigenvalue weighted by atomic mass is 35.5. The highest BCUT2D eigenvalue weighted by Crippen LogP contribution is 2.34. The molecule has 0 spiro atoms. The van der Waals surface area contributed by atoms with Gasteiger partial charge in [-0.15, -0.1) is 11.6 Å². The molecule has 2 N–H and O–H groups in total. The average molecular weight is 405 g/mol. The van der Waals surface area contributed by atoms with Crippen LogP contribution in [0.4, 0.5) is 10.2 Å². The van der Waals surface area contributed by atoms with Gasteiger partial charge in [0.05, 0.1) is 12.2 Å². The van der Waals surface area contributed by atoms with Crippen molar-refractivity contribution < 1.29 is 9.18 Å². The van der Waals surface area contributed by atoms with Crippen molar-refractivity contribution in [1.82, 2.24) is 24.9 Å². The molecule has 0 radical (unpaired) electrons. The first-order valence-electron chi connectivity index (χ1n) is 8.92. The van der Waals surface area contributed by atoms with E-state index in [1.165, 1.54) is 16.8 Å². The van der Waals surface area contributed by atoms with Crippen LogP contribution in [0.15, 0.2) is 35.5 Å². The summed E-state index contributed by atoms with van der Waals surface area (Å²) in [7, 11) is 0. The van der Waals surface area contributed by atoms with Crippen molar-refractivity contribution in [3.05, 3.63) is 58.0 Å². The lowest BCUT2D eigenvalue weighted by Gasteiger charge is -2.25. The third-order valence-corrected chi connectivity index (χ3v) is 4.97. The van der Waals surface area contributed by atoms with Crippen molar-refractivity contribution in [3.63, 3.8) is 0 Å². The summed E-state index contributed by atoms with van der Waals surface area (Å²) in [6.07, 6.45) is 5.76. The van der Waals surface area contributed by atoms with E-state index in [0.717, 1.165) is 12.6 Å². The van der Waals surface area contributed by atoms with Crippen LogP contribution >= 0.6 is 11.6 Å². The van der Waals surface area contributed by atoms with Gasteiger partial charge in [0.1, 0.15) is 17.2 Å². The third-order valence-electron chi connectivity index (χ3n) is 4.78. The van der Waals surface area contributed by atoms with Crippen LogP contribution in [-0.2, 0) is 0 Å². The Kier molecular flexibility index (Phi) is 4.99. The van der Waals surface area contributed by atoms with Gasteiger partial charge in [0, 0.05) is 36.9 Å². The minimum atomic E-state index is -0.487. The van der Waals surface area contributed by atoms with Crippen LogP contribution < -0.4 is 15.8 Å². The number of pyridine rings is 1. The molecule has 1 aliphatic rings. The van der Waals surface area contributed by atoms with Gasteiger partial charge in [0.2, 0.25) is 0 Å². The molecule has 1 aliphatic heterocycles. The van der Waals surface area contributed by atoms with E-state index in [1.807, 2.05) is 4.90 Å². The molecule has 0 saturated carbocycles. The van der Waals surface area contributed by atoms with E-state index in [9.17, 15) is 14.0 Å². The maximum absolute atomic E-state index is 13.7. The van der Waals surface area contributed by atoms with Crippen LogP contribution in [0.1, 0.15) is 34.8 Å². The monoisotopic (exact) mass is 404 g/mol. The molecule has 1 atom stereocenters. The van der Waals surface area contributed by atoms with Gasteiger partial charge in [-0.05, 0) is 25.0 Å². The van der Waals surface area contributed by atoms with Crippen molar-refractivity contribution in [2.45, 2.75) is 18.9 Å². The number of aromatic amines is 1. The second-order valence-corrected chi connectivity index (χ2v) is 6.89. The number of carbonyl (C=O) groups is 1. The predicted molar refractivity (Wildman–Crippen MR) is 102 cm³/mol. The SMILES string of the molecule is O=C(NCCCl)c1cnn2ccc(N3CCCC3c3cc(F)c[nH]c3=O)nc12. The van der Waals surface area contributed by atoms with Crippen LogP contribution in [0.25, 0.3) is 5.65 Å². The lowest BCUT2D eigenvalue weighted by Crippen LogP contribution is -2.29. The van der Waals surface area contributed by atoms with Crippen molar-refractivity contribution in [2.75, 3.05) is 23.9 Å². The molecule has 1 fully saturated rings. The molecular formula is C18H18ClFN6O2. The topological polar surface area (TPSA) is 95.4 Å². The van der Waals surface area contributed by atoms with Gasteiger partial charge < -0.3 is 15.2 Å². The van der Waals surface area contributed by atoms with Gasteiger partial charge in [-0.3, -0.25) is 9.59 Å². The summed E-state index contributed by atoms with van der Waals surface area (Å²) < 4.78 is 15.2. The molecule has 4 heterocycles. The van der Waals surface area contributed by atoms with Crippen LogP contribution in [0.3, 0.4) is 0 Å². The lowest BCUT2D eigenvalue weighted by atomic mass is 10.1. The standard InChI is InChI=1S/C18H18ClFN6O2/c19-4-5-21-18(28)13-10-23-26-7-3-15(24-16(13)26)25-6-1-2-14(25)12-8-11(20)9-22-17(12)27/h3,7-10,14H,1-2,4-6H2,(H,21,28)(H,22,27). The Morgan fingerprint density at radius 1 is 1.46 bits per heavy atom. The predicted octanol–water partition coefficient (Wildman–Crippen LogP) is 1.87. The summed E-state index contributed by atoms with van der Waals surface area (Å²) in [5, 5.41) is 6.85. The van der Waals surface area contributed by atoms with E-state index in [-0.39, 0.29) is 17.5 Å². The normalized spacial score (nSPS) is 16.6. The number of aromatic nitrogens is 4. The highest BCUT2D eigenvalue weighted by Gasteiger charge is 2.30. The quantitative estimate of drug-likeness (QED) is 0.633. The van der Waals surface area contributed by atoms with Crippen LogP contribution in [-0.4, -0.2) is 44.5 Å². The number of carbonyl (C=O) groups excluding carboxylic acids is 1. The van der Waals surface area contributed by atoms with E-state index in [0.29, 0.717) is 48.0 Å². The number of anilines is 1. The Labute approximate surface area is 164 Å². The van der Waals surface area contributed by atoms with Crippen molar-refractivity contribution in [3.8, 4) is 0 Å². The first-order chi connectivity index (χ1) is 13.6. The van der Waals surface area contributed by atoms with E-state index in [1.54, 1.807) is 12.3 Å². The smallest absolute Gasteiger partial charge is 0.256 e. The van der Waals surface area contributed by atoms with Gasteiger partial charge in [0.15, 0.2) is 5.65 Å². The second-order valence-electron chi connectivity index (χ2n) is 6.51. The number of amides is 1. The fourth-order valence-corrected chi connectivity index (χ4v) is 3.62. The van der Waals surface area contributed by atoms with E-state index in [2.05, 4.69) is 20.4 Å². The first kappa shape index (κ1) is 18.4. The Morgan fingerprint density at radius 2 is 2.32 bits per heavy atom. The Morgan fingerprint density at radius 3 is 3.14 bits per heavy atom. The van der Waals surface area contributed by atoms with Crippen molar-refractivity contribution in [2.24, 2.45) is 0 Å². The summed E-state index contributed by atoms with van der Waals surface area (Å²) in [6.45, 7) is 1.01. The van der Waals surface area contributed by atoms with Gasteiger partial charge in [0.25, 0.3) is 11.5 Å². The van der Waals surface area contributed by atoms with E-state index >= 15 is 0 Å². The van der Waals surface area contributed by atoms with Gasteiger partial charge in [-0.2, -0.15) is 5.10 Å². The van der Waals surface area contributed by atoms with Crippen LogP contribution in [0.2, 0.25) is 0 Å². The minimum absolute atomic E-state index is 0.286.